The number of halogens is 1. The number of hydrogen-bond acceptors (Lipinski definition) is 3. The molecule has 0 aromatic heterocycles. The van der Waals surface area contributed by atoms with Gasteiger partial charge in [-0.1, -0.05) is 28.1 Å². The number of nitrogen functional groups attached to an aromatic ring is 1. The number of benzene rings is 2. The van der Waals surface area contributed by atoms with E-state index in [-0.39, 0.29) is 5.91 Å². The molecule has 0 aliphatic heterocycles. The van der Waals surface area contributed by atoms with Gasteiger partial charge in [-0.25, -0.2) is 0 Å². The number of nitrogens with zero attached hydrogens (tertiary/aromatic N) is 1. The van der Waals surface area contributed by atoms with Gasteiger partial charge in [-0.15, -0.1) is 0 Å². The molecule has 0 atom stereocenters. The molecule has 2 aromatic carbocycles. The summed E-state index contributed by atoms with van der Waals surface area (Å²) in [5.41, 5.74) is 7.93. The number of ether oxygens (including phenoxy) is 1. The average molecular weight is 349 g/mol. The Kier molecular flexibility index (Phi) is 4.85. The van der Waals surface area contributed by atoms with Gasteiger partial charge in [0, 0.05) is 29.3 Å². The fourth-order valence-corrected chi connectivity index (χ4v) is 2.54. The molecule has 0 bridgehead atoms. The predicted molar refractivity (Wildman–Crippen MR) is 87.3 cm³/mol. The lowest BCUT2D eigenvalue weighted by molar-refractivity contribution is 0.0785. The van der Waals surface area contributed by atoms with E-state index in [2.05, 4.69) is 15.9 Å². The number of nitrogens with two attached hydrogens (primary N) is 1. The number of carbonyl (C=O) groups is 1. The number of carbonyl (C=O) groups excluding carboxylic acids is 1. The van der Waals surface area contributed by atoms with Crippen molar-refractivity contribution in [2.24, 2.45) is 0 Å². The van der Waals surface area contributed by atoms with Gasteiger partial charge in [0.05, 0.1) is 7.11 Å². The van der Waals surface area contributed by atoms with E-state index < -0.39 is 0 Å². The van der Waals surface area contributed by atoms with Crippen LogP contribution in [0.1, 0.15) is 15.9 Å². The number of methoxy groups -OCH3 is 1. The van der Waals surface area contributed by atoms with E-state index in [4.69, 9.17) is 10.5 Å². The number of anilines is 1. The largest absolute Gasteiger partial charge is 0.497 e. The van der Waals surface area contributed by atoms with Crippen molar-refractivity contribution in [1.29, 1.82) is 0 Å². The van der Waals surface area contributed by atoms with Crippen molar-refractivity contribution in [3.05, 3.63) is 58.1 Å². The maximum Gasteiger partial charge on any atom is 0.254 e. The summed E-state index contributed by atoms with van der Waals surface area (Å²) in [4.78, 5) is 14.1. The molecule has 0 spiro atoms. The second kappa shape index (κ2) is 6.63. The van der Waals surface area contributed by atoms with Crippen molar-refractivity contribution >= 4 is 27.5 Å². The van der Waals surface area contributed by atoms with Gasteiger partial charge in [0.25, 0.3) is 5.91 Å². The quantitative estimate of drug-likeness (QED) is 0.862. The van der Waals surface area contributed by atoms with Crippen LogP contribution in [0.4, 0.5) is 5.69 Å². The van der Waals surface area contributed by atoms with Gasteiger partial charge in [-0.05, 0) is 35.9 Å². The molecule has 0 aliphatic carbocycles. The molecule has 110 valence electrons. The summed E-state index contributed by atoms with van der Waals surface area (Å²) in [5.74, 6) is 0.728. The van der Waals surface area contributed by atoms with Crippen LogP contribution in [0.25, 0.3) is 0 Å². The Morgan fingerprint density at radius 1 is 1.24 bits per heavy atom. The van der Waals surface area contributed by atoms with E-state index in [9.17, 15) is 4.79 Å². The van der Waals surface area contributed by atoms with Crippen LogP contribution in [0.3, 0.4) is 0 Å². The van der Waals surface area contributed by atoms with Gasteiger partial charge in [0.2, 0.25) is 0 Å². The number of hydrogen-bond donors (Lipinski definition) is 1. The van der Waals surface area contributed by atoms with Gasteiger partial charge in [-0.3, -0.25) is 4.79 Å². The third kappa shape index (κ3) is 3.98. The molecule has 21 heavy (non-hydrogen) atoms. The predicted octanol–water partition coefficient (Wildman–Crippen LogP) is 3.31. The lowest BCUT2D eigenvalue weighted by Crippen LogP contribution is -2.26. The maximum atomic E-state index is 12.4. The normalized spacial score (nSPS) is 10.2. The van der Waals surface area contributed by atoms with Crippen molar-refractivity contribution in [3.63, 3.8) is 0 Å². The lowest BCUT2D eigenvalue weighted by Gasteiger charge is -2.18. The molecule has 4 nitrogen and oxygen atoms in total. The molecule has 1 amide bonds. The van der Waals surface area contributed by atoms with Crippen LogP contribution < -0.4 is 10.5 Å². The maximum absolute atomic E-state index is 12.4. The fraction of sp³-hybridized carbons (Fsp3) is 0.188. The van der Waals surface area contributed by atoms with Crippen LogP contribution in [0.2, 0.25) is 0 Å². The van der Waals surface area contributed by atoms with Gasteiger partial charge in [-0.2, -0.15) is 0 Å². The molecule has 2 N–H and O–H groups in total. The second-order valence-electron chi connectivity index (χ2n) is 4.78. The zero-order chi connectivity index (χ0) is 15.4. The molecule has 0 radical (unpaired) electrons. The minimum Gasteiger partial charge on any atom is -0.497 e. The van der Waals surface area contributed by atoms with Gasteiger partial charge in [0.1, 0.15) is 5.75 Å². The van der Waals surface area contributed by atoms with Crippen LogP contribution >= 0.6 is 15.9 Å². The molecular formula is C16H17BrN2O2. The highest BCUT2D eigenvalue weighted by Gasteiger charge is 2.13. The Hall–Kier alpha value is -2.01. The first-order valence-electron chi connectivity index (χ1n) is 6.44. The van der Waals surface area contributed by atoms with Gasteiger partial charge < -0.3 is 15.4 Å². The summed E-state index contributed by atoms with van der Waals surface area (Å²) in [7, 11) is 3.39. The molecule has 2 aromatic rings. The second-order valence-corrected chi connectivity index (χ2v) is 5.70. The van der Waals surface area contributed by atoms with Gasteiger partial charge >= 0.3 is 0 Å². The Labute approximate surface area is 132 Å². The SMILES string of the molecule is COc1ccc(CN(C)C(=O)c2cc(N)cc(Br)c2)cc1. The van der Waals surface area contributed by atoms with Gasteiger partial charge in [0.15, 0.2) is 0 Å². The molecule has 5 heteroatoms. The highest BCUT2D eigenvalue weighted by Crippen LogP contribution is 2.19. The average Bonchev–Trinajstić information content (AvgIpc) is 2.46. The Balaban J connectivity index is 2.11. The minimum absolute atomic E-state index is 0.0705. The lowest BCUT2D eigenvalue weighted by atomic mass is 10.1. The molecule has 0 fully saturated rings. The molecule has 0 saturated heterocycles. The zero-order valence-corrected chi connectivity index (χ0v) is 13.6. The Bertz CT molecular complexity index is 621. The number of amides is 1. The summed E-state index contributed by atoms with van der Waals surface area (Å²) in [6.07, 6.45) is 0. The molecule has 2 rings (SSSR count). The molecule has 0 saturated carbocycles. The first-order valence-corrected chi connectivity index (χ1v) is 7.23. The van der Waals surface area contributed by atoms with E-state index in [1.807, 2.05) is 24.3 Å². The summed E-state index contributed by atoms with van der Waals surface area (Å²) in [5, 5.41) is 0. The van der Waals surface area contributed by atoms with Crippen LogP contribution in [0.15, 0.2) is 46.9 Å². The van der Waals surface area contributed by atoms with E-state index in [0.717, 1.165) is 15.8 Å². The van der Waals surface area contributed by atoms with Crippen LogP contribution in [0.5, 0.6) is 5.75 Å². The summed E-state index contributed by atoms with van der Waals surface area (Å²) in [6, 6.07) is 12.9. The van der Waals surface area contributed by atoms with Crippen LogP contribution in [-0.4, -0.2) is 25.0 Å². The zero-order valence-electron chi connectivity index (χ0n) is 12.0. The third-order valence-electron chi connectivity index (χ3n) is 3.09. The topological polar surface area (TPSA) is 55.6 Å². The Morgan fingerprint density at radius 3 is 2.48 bits per heavy atom. The van der Waals surface area contributed by atoms with E-state index in [0.29, 0.717) is 17.8 Å². The fourth-order valence-electron chi connectivity index (χ4n) is 2.03. The molecular weight excluding hydrogens is 332 g/mol. The first kappa shape index (κ1) is 15.4. The summed E-state index contributed by atoms with van der Waals surface area (Å²) in [6.45, 7) is 0.523. The molecule has 0 aliphatic rings. The van der Waals surface area contributed by atoms with E-state index >= 15 is 0 Å². The van der Waals surface area contributed by atoms with Crippen molar-refractivity contribution in [2.45, 2.75) is 6.54 Å². The third-order valence-corrected chi connectivity index (χ3v) is 3.55. The smallest absolute Gasteiger partial charge is 0.254 e. The highest BCUT2D eigenvalue weighted by atomic mass is 79.9. The summed E-state index contributed by atoms with van der Waals surface area (Å²) >= 11 is 3.35. The van der Waals surface area contributed by atoms with Crippen molar-refractivity contribution in [1.82, 2.24) is 4.90 Å². The molecule has 0 heterocycles. The molecule has 0 unspecified atom stereocenters. The van der Waals surface area contributed by atoms with Crippen molar-refractivity contribution in [3.8, 4) is 5.75 Å². The van der Waals surface area contributed by atoms with E-state index in [1.54, 1.807) is 37.3 Å². The standard InChI is InChI=1S/C16H17BrN2O2/c1-19(10-11-3-5-15(21-2)6-4-11)16(20)12-7-13(17)9-14(18)8-12/h3-9H,10,18H2,1-2H3. The monoisotopic (exact) mass is 348 g/mol. The van der Waals surface area contributed by atoms with Crippen molar-refractivity contribution in [2.75, 3.05) is 19.9 Å². The van der Waals surface area contributed by atoms with E-state index in [1.165, 1.54) is 0 Å². The first-order chi connectivity index (χ1) is 9.99. The summed E-state index contributed by atoms with van der Waals surface area (Å²) < 4.78 is 5.91. The number of rotatable bonds is 4. The Morgan fingerprint density at radius 2 is 1.90 bits per heavy atom. The minimum atomic E-state index is -0.0705. The van der Waals surface area contributed by atoms with Crippen LogP contribution in [0, 0.1) is 0 Å². The van der Waals surface area contributed by atoms with Crippen molar-refractivity contribution < 1.29 is 9.53 Å². The highest BCUT2D eigenvalue weighted by molar-refractivity contribution is 9.10. The van der Waals surface area contributed by atoms with Crippen LogP contribution in [-0.2, 0) is 6.54 Å².